The van der Waals surface area contributed by atoms with Crippen LogP contribution < -0.4 is 5.49 Å². The van der Waals surface area contributed by atoms with Gasteiger partial charge >= 0.3 is 0 Å². The Morgan fingerprint density at radius 2 is 2.00 bits per heavy atom. The van der Waals surface area contributed by atoms with Crippen molar-refractivity contribution in [3.63, 3.8) is 0 Å². The third-order valence-electron chi connectivity index (χ3n) is 1.25. The predicted octanol–water partition coefficient (Wildman–Crippen LogP) is 2.26. The van der Waals surface area contributed by atoms with Gasteiger partial charge in [-0.15, -0.1) is 6.58 Å². The molecule has 0 radical (unpaired) electrons. The van der Waals surface area contributed by atoms with Crippen molar-refractivity contribution in [2.75, 3.05) is 0 Å². The minimum atomic E-state index is 0.914. The topological polar surface area (TPSA) is 17.3 Å². The quantitative estimate of drug-likeness (QED) is 0.584. The molecule has 0 amide bonds. The highest BCUT2D eigenvalue weighted by Gasteiger charge is 1.79. The van der Waals surface area contributed by atoms with E-state index in [4.69, 9.17) is 0 Å². The van der Waals surface area contributed by atoms with Crippen molar-refractivity contribution >= 4 is 0 Å². The van der Waals surface area contributed by atoms with Crippen LogP contribution in [0.15, 0.2) is 54.8 Å². The first-order chi connectivity index (χ1) is 6.26. The minimum Gasteiger partial charge on any atom is -0.336 e. The standard InChI is InChI=1S/C8H10N2.C3H6/c1-3-9-8-6-4-5-7-10(8)2;1-3-2/h3-7H,1H2,2H3;3H,1H2,2H3. The van der Waals surface area contributed by atoms with E-state index in [0.717, 1.165) is 5.49 Å². The van der Waals surface area contributed by atoms with Gasteiger partial charge < -0.3 is 4.57 Å². The molecule has 1 rings (SSSR count). The Kier molecular flexibility index (Phi) is 6.24. The lowest BCUT2D eigenvalue weighted by Crippen LogP contribution is -2.14. The molecule has 0 spiro atoms. The van der Waals surface area contributed by atoms with Gasteiger partial charge in [-0.3, -0.25) is 0 Å². The fourth-order valence-corrected chi connectivity index (χ4v) is 0.742. The molecule has 0 aromatic carbocycles. The fourth-order valence-electron chi connectivity index (χ4n) is 0.742. The molecule has 0 fully saturated rings. The van der Waals surface area contributed by atoms with Gasteiger partial charge in [-0.1, -0.05) is 18.7 Å². The zero-order chi connectivity index (χ0) is 10.1. The third kappa shape index (κ3) is 4.80. The summed E-state index contributed by atoms with van der Waals surface area (Å²) >= 11 is 0. The average Bonchev–Trinajstić information content (AvgIpc) is 2.11. The zero-order valence-corrected chi connectivity index (χ0v) is 8.27. The van der Waals surface area contributed by atoms with Gasteiger partial charge in [-0.25, -0.2) is 4.99 Å². The molecule has 0 saturated heterocycles. The van der Waals surface area contributed by atoms with Gasteiger partial charge in [-0.2, -0.15) is 0 Å². The number of nitrogens with zero attached hydrogens (tertiary/aromatic N) is 2. The highest BCUT2D eigenvalue weighted by Crippen LogP contribution is 1.76. The molecule has 2 heteroatoms. The molecule has 70 valence electrons. The molecule has 0 atom stereocenters. The van der Waals surface area contributed by atoms with Crippen LogP contribution in [0.25, 0.3) is 0 Å². The maximum atomic E-state index is 4.03. The Morgan fingerprint density at radius 1 is 1.38 bits per heavy atom. The van der Waals surface area contributed by atoms with Crippen molar-refractivity contribution in [3.8, 4) is 0 Å². The molecule has 2 nitrogen and oxygen atoms in total. The molecular weight excluding hydrogens is 160 g/mol. The fraction of sp³-hybridized carbons (Fsp3) is 0.182. The van der Waals surface area contributed by atoms with E-state index in [1.165, 1.54) is 6.20 Å². The van der Waals surface area contributed by atoms with E-state index in [2.05, 4.69) is 18.2 Å². The molecule has 0 aliphatic rings. The van der Waals surface area contributed by atoms with E-state index < -0.39 is 0 Å². The summed E-state index contributed by atoms with van der Waals surface area (Å²) in [5.74, 6) is 0. The first kappa shape index (κ1) is 11.4. The number of rotatable bonds is 1. The van der Waals surface area contributed by atoms with Gasteiger partial charge in [0, 0.05) is 19.4 Å². The molecule has 1 heterocycles. The number of pyridine rings is 1. The molecule has 0 aliphatic carbocycles. The van der Waals surface area contributed by atoms with E-state index in [0.29, 0.717) is 0 Å². The van der Waals surface area contributed by atoms with Crippen LogP contribution in [0.3, 0.4) is 0 Å². The van der Waals surface area contributed by atoms with Crippen LogP contribution in [0, 0.1) is 0 Å². The van der Waals surface area contributed by atoms with Gasteiger partial charge in [0.05, 0.1) is 0 Å². The smallest absolute Gasteiger partial charge is 0.132 e. The summed E-state index contributed by atoms with van der Waals surface area (Å²) < 4.78 is 1.93. The normalized spacial score (nSPS) is 9.85. The lowest BCUT2D eigenvalue weighted by Gasteiger charge is -1.94. The van der Waals surface area contributed by atoms with Crippen LogP contribution in [-0.2, 0) is 7.05 Å². The van der Waals surface area contributed by atoms with Crippen molar-refractivity contribution in [2.24, 2.45) is 12.0 Å². The lowest BCUT2D eigenvalue weighted by atomic mass is 10.5. The Labute approximate surface area is 79.6 Å². The van der Waals surface area contributed by atoms with E-state index in [1.54, 1.807) is 6.08 Å². The van der Waals surface area contributed by atoms with Gasteiger partial charge in [0.1, 0.15) is 5.49 Å². The number of hydrogen-bond acceptors (Lipinski definition) is 1. The highest BCUT2D eigenvalue weighted by atomic mass is 15.0. The van der Waals surface area contributed by atoms with Gasteiger partial charge in [0.15, 0.2) is 0 Å². The number of allylic oxidation sites excluding steroid dienone is 1. The van der Waals surface area contributed by atoms with Crippen LogP contribution in [0.1, 0.15) is 6.92 Å². The number of aromatic nitrogens is 1. The molecule has 0 N–H and O–H groups in total. The van der Waals surface area contributed by atoms with Crippen molar-refractivity contribution in [2.45, 2.75) is 6.92 Å². The van der Waals surface area contributed by atoms with Crippen molar-refractivity contribution in [1.29, 1.82) is 0 Å². The number of hydrogen-bond donors (Lipinski definition) is 0. The molecule has 0 saturated carbocycles. The molecule has 1 aromatic heterocycles. The van der Waals surface area contributed by atoms with E-state index in [-0.39, 0.29) is 0 Å². The maximum Gasteiger partial charge on any atom is 0.132 e. The van der Waals surface area contributed by atoms with Crippen molar-refractivity contribution in [3.05, 3.63) is 55.3 Å². The minimum absolute atomic E-state index is 0.914. The molecule has 0 aliphatic heterocycles. The van der Waals surface area contributed by atoms with Crippen LogP contribution in [0.5, 0.6) is 0 Å². The Balaban J connectivity index is 0.000000424. The summed E-state index contributed by atoms with van der Waals surface area (Å²) in [6, 6.07) is 5.84. The third-order valence-corrected chi connectivity index (χ3v) is 1.25. The van der Waals surface area contributed by atoms with Gasteiger partial charge in [0.25, 0.3) is 0 Å². The Morgan fingerprint density at radius 3 is 2.46 bits per heavy atom. The van der Waals surface area contributed by atoms with Crippen molar-refractivity contribution < 1.29 is 0 Å². The molecule has 1 aromatic rings. The maximum absolute atomic E-state index is 4.03. The highest BCUT2D eigenvalue weighted by molar-refractivity contribution is 4.92. The summed E-state index contributed by atoms with van der Waals surface area (Å²) in [5.41, 5.74) is 0.914. The summed E-state index contributed by atoms with van der Waals surface area (Å²) in [5, 5.41) is 0. The van der Waals surface area contributed by atoms with Crippen LogP contribution >= 0.6 is 0 Å². The summed E-state index contributed by atoms with van der Waals surface area (Å²) in [6.07, 6.45) is 5.23. The van der Waals surface area contributed by atoms with Gasteiger partial charge in [-0.05, 0) is 19.1 Å². The SMILES string of the molecule is C=CC.C=CN=c1ccccn1C. The zero-order valence-electron chi connectivity index (χ0n) is 8.27. The van der Waals surface area contributed by atoms with E-state index in [1.807, 2.05) is 42.9 Å². The van der Waals surface area contributed by atoms with Crippen LogP contribution in [0.4, 0.5) is 0 Å². The molecule has 13 heavy (non-hydrogen) atoms. The Hall–Kier alpha value is -1.57. The van der Waals surface area contributed by atoms with E-state index >= 15 is 0 Å². The predicted molar refractivity (Wildman–Crippen MR) is 57.0 cm³/mol. The van der Waals surface area contributed by atoms with E-state index in [9.17, 15) is 0 Å². The first-order valence-corrected chi connectivity index (χ1v) is 4.09. The monoisotopic (exact) mass is 176 g/mol. The molecule has 0 unspecified atom stereocenters. The first-order valence-electron chi connectivity index (χ1n) is 4.09. The second kappa shape index (κ2) is 7.10. The number of aryl methyl sites for hydroxylation is 1. The van der Waals surface area contributed by atoms with Crippen LogP contribution in [0.2, 0.25) is 0 Å². The molecular formula is C11H16N2. The Bertz CT molecular complexity index is 321. The summed E-state index contributed by atoms with van der Waals surface area (Å²) in [6.45, 7) is 8.77. The lowest BCUT2D eigenvalue weighted by molar-refractivity contribution is 0.834. The van der Waals surface area contributed by atoms with Gasteiger partial charge in [0.2, 0.25) is 0 Å². The second-order valence-corrected chi connectivity index (χ2v) is 2.39. The van der Waals surface area contributed by atoms with Crippen molar-refractivity contribution in [1.82, 2.24) is 4.57 Å². The summed E-state index contributed by atoms with van der Waals surface area (Å²) in [4.78, 5) is 4.03. The largest absolute Gasteiger partial charge is 0.336 e. The average molecular weight is 176 g/mol. The van der Waals surface area contributed by atoms with Crippen LogP contribution in [-0.4, -0.2) is 4.57 Å². The second-order valence-electron chi connectivity index (χ2n) is 2.39. The molecule has 0 bridgehead atoms. The summed E-state index contributed by atoms with van der Waals surface area (Å²) in [7, 11) is 1.95.